The van der Waals surface area contributed by atoms with Gasteiger partial charge < -0.3 is 9.47 Å². The second-order valence-corrected chi connectivity index (χ2v) is 9.60. The van der Waals surface area contributed by atoms with E-state index >= 15 is 0 Å². The molecule has 0 N–H and O–H groups in total. The molecule has 0 bridgehead atoms. The highest BCUT2D eigenvalue weighted by molar-refractivity contribution is 8.00. The van der Waals surface area contributed by atoms with Crippen molar-refractivity contribution in [3.63, 3.8) is 0 Å². The summed E-state index contributed by atoms with van der Waals surface area (Å²) in [6.45, 7) is 7.41. The number of amides is 1. The fraction of sp³-hybridized carbons (Fsp3) is 0.389. The molecule has 0 spiro atoms. The Morgan fingerprint density at radius 3 is 2.57 bits per heavy atom. The van der Waals surface area contributed by atoms with Crippen LogP contribution in [0.5, 0.6) is 0 Å². The average Bonchev–Trinajstić information content (AvgIpc) is 3.15. The van der Waals surface area contributed by atoms with Gasteiger partial charge >= 0.3 is 0 Å². The molecule has 0 aliphatic carbocycles. The number of aromatic nitrogens is 3. The van der Waals surface area contributed by atoms with Crippen molar-refractivity contribution in [3.8, 4) is 0 Å². The van der Waals surface area contributed by atoms with Crippen molar-refractivity contribution in [3.05, 3.63) is 49.3 Å². The van der Waals surface area contributed by atoms with Crippen molar-refractivity contribution >= 4 is 27.7 Å². The monoisotopic (exact) mass is 421 g/mol. The molecule has 0 radical (unpaired) electrons. The second kappa shape index (κ2) is 8.89. The molecule has 1 unspecified atom stereocenters. The smallest absolute Gasteiger partial charge is 0.243 e. The van der Waals surface area contributed by atoms with E-state index in [0.717, 1.165) is 0 Å². The van der Waals surface area contributed by atoms with Crippen LogP contribution in [-0.2, 0) is 21.4 Å². The van der Waals surface area contributed by atoms with Gasteiger partial charge in [0.2, 0.25) is 15.9 Å². The van der Waals surface area contributed by atoms with E-state index in [1.807, 2.05) is 11.5 Å². The van der Waals surface area contributed by atoms with Gasteiger partial charge in [-0.2, -0.15) is 4.31 Å². The van der Waals surface area contributed by atoms with E-state index in [1.165, 1.54) is 16.1 Å². The van der Waals surface area contributed by atoms with Crippen LogP contribution in [0.2, 0.25) is 0 Å². The number of nitrogens with zero attached hydrogens (tertiary/aromatic N) is 5. The molecule has 1 aromatic carbocycles. The number of thioether (sulfide) groups is 1. The topological polar surface area (TPSA) is 88.4 Å². The van der Waals surface area contributed by atoms with Crippen LogP contribution in [0, 0.1) is 0 Å². The molecule has 1 aliphatic heterocycles. The predicted molar refractivity (Wildman–Crippen MR) is 107 cm³/mol. The first-order chi connectivity index (χ1) is 13.4. The van der Waals surface area contributed by atoms with Gasteiger partial charge in [0.05, 0.1) is 10.1 Å². The quantitative estimate of drug-likeness (QED) is 0.497. The first-order valence-corrected chi connectivity index (χ1v) is 11.2. The summed E-state index contributed by atoms with van der Waals surface area (Å²) in [7, 11) is -3.53. The van der Waals surface area contributed by atoms with E-state index in [1.54, 1.807) is 47.6 Å². The minimum atomic E-state index is -3.53. The third-order valence-electron chi connectivity index (χ3n) is 4.47. The van der Waals surface area contributed by atoms with Crippen molar-refractivity contribution in [1.82, 2.24) is 24.0 Å². The molecule has 1 fully saturated rings. The molecular formula is C18H23N5O3S2. The summed E-state index contributed by atoms with van der Waals surface area (Å²) >= 11 is 1.34. The number of rotatable bonds is 7. The van der Waals surface area contributed by atoms with E-state index in [-0.39, 0.29) is 29.1 Å². The molecule has 10 heteroatoms. The summed E-state index contributed by atoms with van der Waals surface area (Å²) in [5.74, 6) is -0.0325. The first kappa shape index (κ1) is 20.6. The summed E-state index contributed by atoms with van der Waals surface area (Å²) in [5.41, 5.74) is 0. The van der Waals surface area contributed by atoms with Crippen LogP contribution >= 0.6 is 11.8 Å². The zero-order valence-corrected chi connectivity index (χ0v) is 17.3. The van der Waals surface area contributed by atoms with Crippen LogP contribution in [-0.4, -0.2) is 69.7 Å². The van der Waals surface area contributed by atoms with Crippen LogP contribution in [0.4, 0.5) is 0 Å². The van der Waals surface area contributed by atoms with Gasteiger partial charge in [-0.05, 0) is 19.1 Å². The fourth-order valence-electron chi connectivity index (χ4n) is 2.96. The predicted octanol–water partition coefficient (Wildman–Crippen LogP) is 1.48. The second-order valence-electron chi connectivity index (χ2n) is 6.36. The lowest BCUT2D eigenvalue weighted by Gasteiger charge is -2.35. The molecule has 3 rings (SSSR count). The lowest BCUT2D eigenvalue weighted by molar-refractivity contribution is -0.131. The van der Waals surface area contributed by atoms with Gasteiger partial charge in [-0.3, -0.25) is 4.79 Å². The summed E-state index contributed by atoms with van der Waals surface area (Å²) in [6.07, 6.45) is 3.35. The number of piperazine rings is 1. The fourth-order valence-corrected chi connectivity index (χ4v) is 5.32. The molecule has 1 saturated heterocycles. The Bertz CT molecular complexity index is 922. The molecule has 8 nitrogen and oxygen atoms in total. The van der Waals surface area contributed by atoms with E-state index in [9.17, 15) is 13.2 Å². The molecule has 1 amide bonds. The van der Waals surface area contributed by atoms with Gasteiger partial charge in [-0.25, -0.2) is 8.42 Å². The van der Waals surface area contributed by atoms with Crippen LogP contribution < -0.4 is 0 Å². The Morgan fingerprint density at radius 1 is 1.25 bits per heavy atom. The number of allylic oxidation sites excluding steroid dienone is 1. The van der Waals surface area contributed by atoms with Crippen molar-refractivity contribution in [2.75, 3.05) is 26.2 Å². The molecule has 0 saturated carbocycles. The standard InChI is InChI=1S/C18H23N5O3S2/c1-3-9-22-14-19-20-18(22)27-15(2)17(24)21-10-12-23(13-11-21)28(25,26)16-7-5-4-6-8-16/h3-8,14-15H,1,9-13H2,2H3. The first-order valence-electron chi connectivity index (χ1n) is 8.93. The largest absolute Gasteiger partial charge is 0.339 e. The van der Waals surface area contributed by atoms with Gasteiger partial charge in [0, 0.05) is 32.7 Å². The maximum absolute atomic E-state index is 12.8. The van der Waals surface area contributed by atoms with Crippen molar-refractivity contribution < 1.29 is 13.2 Å². The highest BCUT2D eigenvalue weighted by Gasteiger charge is 2.32. The number of hydrogen-bond acceptors (Lipinski definition) is 6. The normalized spacial score (nSPS) is 16.7. The van der Waals surface area contributed by atoms with Crippen LogP contribution in [0.25, 0.3) is 0 Å². The van der Waals surface area contributed by atoms with Crippen molar-refractivity contribution in [1.29, 1.82) is 0 Å². The van der Waals surface area contributed by atoms with Crippen molar-refractivity contribution in [2.24, 2.45) is 0 Å². The molecule has 150 valence electrons. The molecule has 1 atom stereocenters. The maximum Gasteiger partial charge on any atom is 0.243 e. The molecule has 28 heavy (non-hydrogen) atoms. The van der Waals surface area contributed by atoms with Gasteiger partial charge in [0.1, 0.15) is 6.33 Å². The third kappa shape index (κ3) is 4.45. The Hall–Kier alpha value is -2.17. The molecular weight excluding hydrogens is 398 g/mol. The highest BCUT2D eigenvalue weighted by atomic mass is 32.2. The Balaban J connectivity index is 1.59. The third-order valence-corrected chi connectivity index (χ3v) is 7.46. The zero-order chi connectivity index (χ0) is 20.1. The minimum absolute atomic E-state index is 0.0325. The lowest BCUT2D eigenvalue weighted by Crippen LogP contribution is -2.52. The Kier molecular flexibility index (Phi) is 6.53. The maximum atomic E-state index is 12.8. The molecule has 2 heterocycles. The SMILES string of the molecule is C=CCn1cnnc1SC(C)C(=O)N1CCN(S(=O)(=O)c2ccccc2)CC1. The summed E-state index contributed by atoms with van der Waals surface area (Å²) < 4.78 is 28.7. The molecule has 1 aromatic heterocycles. The Morgan fingerprint density at radius 2 is 1.93 bits per heavy atom. The van der Waals surface area contributed by atoms with Gasteiger partial charge in [0.25, 0.3) is 0 Å². The van der Waals surface area contributed by atoms with Gasteiger partial charge in [-0.15, -0.1) is 16.8 Å². The average molecular weight is 422 g/mol. The van der Waals surface area contributed by atoms with E-state index < -0.39 is 10.0 Å². The number of hydrogen-bond donors (Lipinski definition) is 0. The minimum Gasteiger partial charge on any atom is -0.339 e. The highest BCUT2D eigenvalue weighted by Crippen LogP contribution is 2.24. The number of carbonyl (C=O) groups excluding carboxylic acids is 1. The van der Waals surface area contributed by atoms with E-state index in [4.69, 9.17) is 0 Å². The number of sulfonamides is 1. The van der Waals surface area contributed by atoms with E-state index in [0.29, 0.717) is 24.8 Å². The van der Waals surface area contributed by atoms with E-state index in [2.05, 4.69) is 16.8 Å². The number of carbonyl (C=O) groups is 1. The lowest BCUT2D eigenvalue weighted by atomic mass is 10.3. The molecule has 2 aromatic rings. The van der Waals surface area contributed by atoms with Crippen molar-refractivity contribution in [2.45, 2.75) is 28.8 Å². The summed E-state index contributed by atoms with van der Waals surface area (Å²) in [5, 5.41) is 8.24. The van der Waals surface area contributed by atoms with Gasteiger partial charge in [0.15, 0.2) is 5.16 Å². The summed E-state index contributed by atoms with van der Waals surface area (Å²) in [6, 6.07) is 8.37. The summed E-state index contributed by atoms with van der Waals surface area (Å²) in [4.78, 5) is 14.8. The van der Waals surface area contributed by atoms with Gasteiger partial charge in [-0.1, -0.05) is 36.0 Å². The van der Waals surface area contributed by atoms with Crippen LogP contribution in [0.15, 0.2) is 59.4 Å². The Labute approximate surface area is 169 Å². The number of benzene rings is 1. The molecule has 1 aliphatic rings. The van der Waals surface area contributed by atoms with Crippen LogP contribution in [0.1, 0.15) is 6.92 Å². The van der Waals surface area contributed by atoms with Crippen LogP contribution in [0.3, 0.4) is 0 Å². The zero-order valence-electron chi connectivity index (χ0n) is 15.6.